The Hall–Kier alpha value is -1.58. The van der Waals surface area contributed by atoms with E-state index in [1.165, 1.54) is 25.7 Å². The fraction of sp³-hybridized carbons (Fsp3) is 0.562. The Morgan fingerprint density at radius 3 is 2.85 bits per heavy atom. The van der Waals surface area contributed by atoms with E-state index in [4.69, 9.17) is 9.47 Å². The van der Waals surface area contributed by atoms with Crippen LogP contribution in [0.4, 0.5) is 4.39 Å². The van der Waals surface area contributed by atoms with Gasteiger partial charge in [0.25, 0.3) is 0 Å². The van der Waals surface area contributed by atoms with E-state index in [-0.39, 0.29) is 24.2 Å². The number of benzene rings is 1. The lowest BCUT2D eigenvalue weighted by atomic mass is 9.89. The summed E-state index contributed by atoms with van der Waals surface area (Å²) < 4.78 is 23.9. The summed E-state index contributed by atoms with van der Waals surface area (Å²) in [5, 5.41) is 0. The number of ether oxygens (including phenoxy) is 2. The van der Waals surface area contributed by atoms with E-state index in [0.29, 0.717) is 11.5 Å². The summed E-state index contributed by atoms with van der Waals surface area (Å²) in [6.07, 6.45) is 4.31. The Labute approximate surface area is 119 Å². The number of methoxy groups -OCH3 is 1. The topological polar surface area (TPSA) is 35.5 Å². The first-order chi connectivity index (χ1) is 9.58. The highest BCUT2D eigenvalue weighted by Crippen LogP contribution is 2.26. The molecule has 0 N–H and O–H groups in total. The lowest BCUT2D eigenvalue weighted by Gasteiger charge is -2.26. The highest BCUT2D eigenvalue weighted by atomic mass is 19.1. The molecule has 1 saturated carbocycles. The van der Waals surface area contributed by atoms with Crippen LogP contribution in [-0.4, -0.2) is 19.2 Å². The molecule has 2 unspecified atom stereocenters. The molecule has 110 valence electrons. The Morgan fingerprint density at radius 1 is 1.40 bits per heavy atom. The first-order valence-electron chi connectivity index (χ1n) is 7.10. The van der Waals surface area contributed by atoms with Gasteiger partial charge in [0.15, 0.2) is 11.6 Å². The smallest absolute Gasteiger partial charge is 0.310 e. The highest BCUT2D eigenvalue weighted by molar-refractivity contribution is 5.72. The number of halogens is 1. The summed E-state index contributed by atoms with van der Waals surface area (Å²) in [6.45, 7) is 2.18. The summed E-state index contributed by atoms with van der Waals surface area (Å²) in [5.74, 6) is 0.0564. The molecule has 0 aromatic heterocycles. The van der Waals surface area contributed by atoms with Crippen molar-refractivity contribution < 1.29 is 18.7 Å². The predicted octanol–water partition coefficient (Wildman–Crippen LogP) is 3.50. The lowest BCUT2D eigenvalue weighted by Crippen LogP contribution is -2.25. The third-order valence-corrected chi connectivity index (χ3v) is 3.75. The zero-order valence-corrected chi connectivity index (χ0v) is 12.0. The maximum Gasteiger partial charge on any atom is 0.310 e. The first kappa shape index (κ1) is 14.8. The van der Waals surface area contributed by atoms with Crippen LogP contribution in [0.15, 0.2) is 18.2 Å². The summed E-state index contributed by atoms with van der Waals surface area (Å²) >= 11 is 0. The minimum Gasteiger partial charge on any atom is -0.494 e. The molecule has 1 fully saturated rings. The van der Waals surface area contributed by atoms with Gasteiger partial charge < -0.3 is 9.47 Å². The van der Waals surface area contributed by atoms with Crippen LogP contribution in [0.25, 0.3) is 0 Å². The molecule has 1 aromatic rings. The molecule has 3 nitrogen and oxygen atoms in total. The van der Waals surface area contributed by atoms with Crippen LogP contribution < -0.4 is 4.74 Å². The summed E-state index contributed by atoms with van der Waals surface area (Å²) in [4.78, 5) is 11.9. The number of rotatable bonds is 4. The third-order valence-electron chi connectivity index (χ3n) is 3.75. The van der Waals surface area contributed by atoms with E-state index in [2.05, 4.69) is 6.92 Å². The Morgan fingerprint density at radius 2 is 2.20 bits per heavy atom. The molecule has 2 rings (SSSR count). The normalized spacial score (nSPS) is 22.4. The maximum absolute atomic E-state index is 13.5. The molecular weight excluding hydrogens is 259 g/mol. The molecule has 0 radical (unpaired) electrons. The Balaban J connectivity index is 1.89. The third kappa shape index (κ3) is 3.95. The first-order valence-corrected chi connectivity index (χ1v) is 7.10. The van der Waals surface area contributed by atoms with Crippen LogP contribution in [0.2, 0.25) is 0 Å². The van der Waals surface area contributed by atoms with E-state index in [0.717, 1.165) is 19.3 Å². The van der Waals surface area contributed by atoms with Crippen LogP contribution in [0, 0.1) is 11.7 Å². The quantitative estimate of drug-likeness (QED) is 0.792. The summed E-state index contributed by atoms with van der Waals surface area (Å²) in [5.41, 5.74) is 0.608. The van der Waals surface area contributed by atoms with Crippen molar-refractivity contribution in [3.8, 4) is 5.75 Å². The van der Waals surface area contributed by atoms with Gasteiger partial charge >= 0.3 is 5.97 Å². The van der Waals surface area contributed by atoms with Crippen LogP contribution in [0.3, 0.4) is 0 Å². The minimum absolute atomic E-state index is 0.0225. The molecule has 0 bridgehead atoms. The molecule has 0 aliphatic heterocycles. The molecule has 0 saturated heterocycles. The number of esters is 1. The van der Waals surface area contributed by atoms with Gasteiger partial charge in [0.1, 0.15) is 6.10 Å². The SMILES string of the molecule is COc1ccc(CC(=O)OC2CCCC(C)C2)cc1F. The van der Waals surface area contributed by atoms with Gasteiger partial charge in [0.2, 0.25) is 0 Å². The standard InChI is InChI=1S/C16H21FO3/c1-11-4-3-5-13(8-11)20-16(18)10-12-6-7-15(19-2)14(17)9-12/h6-7,9,11,13H,3-5,8,10H2,1-2H3. The monoisotopic (exact) mass is 280 g/mol. The second-order valence-electron chi connectivity index (χ2n) is 5.53. The molecule has 1 aromatic carbocycles. The fourth-order valence-corrected chi connectivity index (χ4v) is 2.70. The molecule has 4 heteroatoms. The summed E-state index contributed by atoms with van der Waals surface area (Å²) in [6, 6.07) is 4.54. The second-order valence-corrected chi connectivity index (χ2v) is 5.53. The van der Waals surface area contributed by atoms with Gasteiger partial charge in [-0.1, -0.05) is 19.4 Å². The van der Waals surface area contributed by atoms with Crippen molar-refractivity contribution in [2.24, 2.45) is 5.92 Å². The highest BCUT2D eigenvalue weighted by Gasteiger charge is 2.22. The lowest BCUT2D eigenvalue weighted by molar-refractivity contribution is -0.150. The van der Waals surface area contributed by atoms with Crippen molar-refractivity contribution in [1.82, 2.24) is 0 Å². The number of carbonyl (C=O) groups is 1. The van der Waals surface area contributed by atoms with E-state index in [1.54, 1.807) is 6.07 Å². The van der Waals surface area contributed by atoms with Crippen LogP contribution in [-0.2, 0) is 16.0 Å². The van der Waals surface area contributed by atoms with Gasteiger partial charge in [-0.05, 0) is 42.9 Å². The zero-order valence-electron chi connectivity index (χ0n) is 12.0. The van der Waals surface area contributed by atoms with Crippen LogP contribution in [0.1, 0.15) is 38.2 Å². The Bertz CT molecular complexity index is 473. The van der Waals surface area contributed by atoms with Gasteiger partial charge in [0.05, 0.1) is 13.5 Å². The van der Waals surface area contributed by atoms with Crippen molar-refractivity contribution in [1.29, 1.82) is 0 Å². The maximum atomic E-state index is 13.5. The number of carbonyl (C=O) groups excluding carboxylic acids is 1. The van der Waals surface area contributed by atoms with E-state index in [9.17, 15) is 9.18 Å². The largest absolute Gasteiger partial charge is 0.494 e. The fourth-order valence-electron chi connectivity index (χ4n) is 2.70. The Kier molecular flexibility index (Phi) is 4.99. The van der Waals surface area contributed by atoms with Crippen molar-refractivity contribution in [3.63, 3.8) is 0 Å². The molecule has 0 amide bonds. The van der Waals surface area contributed by atoms with Gasteiger partial charge in [0, 0.05) is 0 Å². The molecule has 2 atom stereocenters. The molecule has 0 spiro atoms. The van der Waals surface area contributed by atoms with E-state index in [1.807, 2.05) is 0 Å². The minimum atomic E-state index is -0.455. The average molecular weight is 280 g/mol. The van der Waals surface area contributed by atoms with Gasteiger partial charge in [-0.2, -0.15) is 0 Å². The average Bonchev–Trinajstić information content (AvgIpc) is 2.38. The van der Waals surface area contributed by atoms with Crippen LogP contribution >= 0.6 is 0 Å². The van der Waals surface area contributed by atoms with Crippen molar-refractivity contribution in [2.45, 2.75) is 45.1 Å². The molecular formula is C16H21FO3. The van der Waals surface area contributed by atoms with Crippen molar-refractivity contribution in [2.75, 3.05) is 7.11 Å². The second kappa shape index (κ2) is 6.73. The zero-order chi connectivity index (χ0) is 14.5. The molecule has 0 heterocycles. The van der Waals surface area contributed by atoms with E-state index < -0.39 is 5.82 Å². The van der Waals surface area contributed by atoms with Gasteiger partial charge in [-0.15, -0.1) is 0 Å². The van der Waals surface area contributed by atoms with Crippen molar-refractivity contribution in [3.05, 3.63) is 29.6 Å². The molecule has 1 aliphatic rings. The van der Waals surface area contributed by atoms with Gasteiger partial charge in [-0.3, -0.25) is 4.79 Å². The van der Waals surface area contributed by atoms with Crippen LogP contribution in [0.5, 0.6) is 5.75 Å². The van der Waals surface area contributed by atoms with Crippen molar-refractivity contribution >= 4 is 5.97 Å². The van der Waals surface area contributed by atoms with E-state index >= 15 is 0 Å². The molecule has 20 heavy (non-hydrogen) atoms. The number of hydrogen-bond acceptors (Lipinski definition) is 3. The number of hydrogen-bond donors (Lipinski definition) is 0. The predicted molar refractivity (Wildman–Crippen MR) is 74.2 cm³/mol. The van der Waals surface area contributed by atoms with Gasteiger partial charge in [-0.25, -0.2) is 4.39 Å². The summed E-state index contributed by atoms with van der Waals surface area (Å²) in [7, 11) is 1.41. The molecule has 1 aliphatic carbocycles.